The first-order valence-corrected chi connectivity index (χ1v) is 12.6. The van der Waals surface area contributed by atoms with Crippen LogP contribution in [0.3, 0.4) is 0 Å². The Morgan fingerprint density at radius 2 is 1.86 bits per heavy atom. The summed E-state index contributed by atoms with van der Waals surface area (Å²) in [5.74, 6) is -0.597. The normalized spacial score (nSPS) is 11.0. The standard InChI is InChI=1S/C27H20ClN3O5S/c1-2-35-27(34)24-21-15-37-25(23(21)26(33)31(30-24)19-9-5-8-18(28)13-19)29-22(32)14-36-20-11-10-16-6-3-4-7-17(16)12-20/h3-13,15H,2,14H2,1H3,(H,29,32). The van der Waals surface area contributed by atoms with E-state index < -0.39 is 17.4 Å². The van der Waals surface area contributed by atoms with Gasteiger partial charge in [-0.2, -0.15) is 9.78 Å². The molecular weight excluding hydrogens is 514 g/mol. The number of nitrogens with one attached hydrogen (secondary N) is 1. The first-order chi connectivity index (χ1) is 17.9. The van der Waals surface area contributed by atoms with Gasteiger partial charge in [0.2, 0.25) is 0 Å². The highest BCUT2D eigenvalue weighted by Gasteiger charge is 2.23. The molecule has 5 aromatic rings. The average molecular weight is 534 g/mol. The highest BCUT2D eigenvalue weighted by Crippen LogP contribution is 2.31. The van der Waals surface area contributed by atoms with Crippen molar-refractivity contribution in [2.75, 3.05) is 18.5 Å². The van der Waals surface area contributed by atoms with E-state index in [0.29, 0.717) is 16.5 Å². The monoisotopic (exact) mass is 533 g/mol. The van der Waals surface area contributed by atoms with Gasteiger partial charge in [0.25, 0.3) is 11.5 Å². The first kappa shape index (κ1) is 24.5. The molecule has 5 rings (SSSR count). The SMILES string of the molecule is CCOC(=O)c1nn(-c2cccc(Cl)c2)c(=O)c2c(NC(=O)COc3ccc4ccccc4c3)scc12. The van der Waals surface area contributed by atoms with Gasteiger partial charge in [0.15, 0.2) is 12.3 Å². The van der Waals surface area contributed by atoms with E-state index in [4.69, 9.17) is 21.1 Å². The van der Waals surface area contributed by atoms with E-state index in [9.17, 15) is 14.4 Å². The minimum atomic E-state index is -0.682. The largest absolute Gasteiger partial charge is 0.484 e. The topological polar surface area (TPSA) is 99.5 Å². The highest BCUT2D eigenvalue weighted by molar-refractivity contribution is 7.16. The summed E-state index contributed by atoms with van der Waals surface area (Å²) in [5, 5.41) is 11.7. The molecule has 0 saturated heterocycles. The summed E-state index contributed by atoms with van der Waals surface area (Å²) in [6, 6.07) is 19.9. The number of nitrogens with zero attached hydrogens (tertiary/aromatic N) is 2. The Balaban J connectivity index is 1.47. The molecule has 0 unspecified atom stereocenters. The number of amides is 1. The molecule has 10 heteroatoms. The molecule has 0 radical (unpaired) electrons. The molecule has 186 valence electrons. The van der Waals surface area contributed by atoms with Crippen molar-refractivity contribution < 1.29 is 19.1 Å². The molecule has 2 aromatic heterocycles. The number of hydrogen-bond donors (Lipinski definition) is 1. The van der Waals surface area contributed by atoms with E-state index in [0.717, 1.165) is 26.8 Å². The molecule has 1 N–H and O–H groups in total. The molecule has 0 aliphatic heterocycles. The fourth-order valence-corrected chi connectivity index (χ4v) is 4.98. The van der Waals surface area contributed by atoms with Crippen LogP contribution in [0.2, 0.25) is 5.02 Å². The fourth-order valence-electron chi connectivity index (χ4n) is 3.84. The van der Waals surface area contributed by atoms with Gasteiger partial charge in [-0.3, -0.25) is 9.59 Å². The third-order valence-corrected chi connectivity index (χ3v) is 6.65. The minimum Gasteiger partial charge on any atom is -0.484 e. The van der Waals surface area contributed by atoms with Crippen LogP contribution >= 0.6 is 22.9 Å². The summed E-state index contributed by atoms with van der Waals surface area (Å²) in [4.78, 5) is 38.9. The number of aromatic nitrogens is 2. The third-order valence-electron chi connectivity index (χ3n) is 5.52. The Morgan fingerprint density at radius 3 is 2.65 bits per heavy atom. The van der Waals surface area contributed by atoms with Crippen LogP contribution in [0.15, 0.2) is 76.9 Å². The van der Waals surface area contributed by atoms with Crippen molar-refractivity contribution in [2.45, 2.75) is 6.92 Å². The molecule has 0 atom stereocenters. The summed E-state index contributed by atoms with van der Waals surface area (Å²) in [5.41, 5.74) is -0.189. The molecule has 0 aliphatic rings. The second kappa shape index (κ2) is 10.4. The summed E-state index contributed by atoms with van der Waals surface area (Å²) >= 11 is 7.22. The van der Waals surface area contributed by atoms with Gasteiger partial charge in [-0.1, -0.05) is 48.0 Å². The number of carbonyl (C=O) groups is 2. The maximum Gasteiger partial charge on any atom is 0.359 e. The van der Waals surface area contributed by atoms with E-state index in [1.165, 1.54) is 0 Å². The van der Waals surface area contributed by atoms with Crippen molar-refractivity contribution >= 4 is 61.4 Å². The number of esters is 1. The lowest BCUT2D eigenvalue weighted by Gasteiger charge is -2.10. The van der Waals surface area contributed by atoms with Crippen LogP contribution in [0.25, 0.3) is 27.2 Å². The zero-order valence-corrected chi connectivity index (χ0v) is 21.1. The lowest BCUT2D eigenvalue weighted by Crippen LogP contribution is -2.26. The second-order valence-electron chi connectivity index (χ2n) is 7.97. The lowest BCUT2D eigenvalue weighted by atomic mass is 10.1. The van der Waals surface area contributed by atoms with Gasteiger partial charge in [-0.05, 0) is 48.0 Å². The number of halogens is 1. The van der Waals surface area contributed by atoms with Crippen molar-refractivity contribution in [3.8, 4) is 11.4 Å². The molecular formula is C27H20ClN3O5S. The number of fused-ring (bicyclic) bond motifs is 2. The van der Waals surface area contributed by atoms with Gasteiger partial charge < -0.3 is 14.8 Å². The highest BCUT2D eigenvalue weighted by atomic mass is 35.5. The predicted molar refractivity (Wildman–Crippen MR) is 144 cm³/mol. The Kier molecular flexibility index (Phi) is 6.89. The van der Waals surface area contributed by atoms with E-state index in [1.54, 1.807) is 42.6 Å². The van der Waals surface area contributed by atoms with E-state index >= 15 is 0 Å². The molecule has 1 amide bonds. The maximum atomic E-state index is 13.5. The summed E-state index contributed by atoms with van der Waals surface area (Å²) in [7, 11) is 0. The van der Waals surface area contributed by atoms with Crippen molar-refractivity contribution in [3.05, 3.63) is 93.2 Å². The zero-order chi connectivity index (χ0) is 25.9. The van der Waals surface area contributed by atoms with Gasteiger partial charge in [0.05, 0.1) is 17.7 Å². The van der Waals surface area contributed by atoms with Crippen LogP contribution in [0.1, 0.15) is 17.4 Å². The number of rotatable bonds is 7. The van der Waals surface area contributed by atoms with Gasteiger partial charge in [-0.15, -0.1) is 11.3 Å². The summed E-state index contributed by atoms with van der Waals surface area (Å²) < 4.78 is 11.9. The first-order valence-electron chi connectivity index (χ1n) is 11.3. The Bertz CT molecular complexity index is 1710. The molecule has 8 nitrogen and oxygen atoms in total. The van der Waals surface area contributed by atoms with E-state index in [1.807, 2.05) is 36.4 Å². The molecule has 0 bridgehead atoms. The van der Waals surface area contributed by atoms with Crippen LogP contribution < -0.4 is 15.6 Å². The number of ether oxygens (including phenoxy) is 2. The Morgan fingerprint density at radius 1 is 1.05 bits per heavy atom. The molecule has 2 heterocycles. The van der Waals surface area contributed by atoms with E-state index in [2.05, 4.69) is 10.4 Å². The van der Waals surface area contributed by atoms with Crippen molar-refractivity contribution in [1.82, 2.24) is 9.78 Å². The van der Waals surface area contributed by atoms with Crippen LogP contribution in [-0.2, 0) is 9.53 Å². The molecule has 37 heavy (non-hydrogen) atoms. The predicted octanol–water partition coefficient (Wildman–Crippen LogP) is 5.45. The van der Waals surface area contributed by atoms with Gasteiger partial charge in [0.1, 0.15) is 10.8 Å². The van der Waals surface area contributed by atoms with Crippen molar-refractivity contribution in [3.63, 3.8) is 0 Å². The fraction of sp³-hybridized carbons (Fsp3) is 0.111. The van der Waals surface area contributed by atoms with Crippen LogP contribution in [0, 0.1) is 0 Å². The molecule has 3 aromatic carbocycles. The molecule has 0 aliphatic carbocycles. The molecule has 0 saturated carbocycles. The minimum absolute atomic E-state index is 0.0411. The number of carbonyl (C=O) groups excluding carboxylic acids is 2. The number of benzene rings is 3. The molecule has 0 fully saturated rings. The number of hydrogen-bond acceptors (Lipinski definition) is 7. The quantitative estimate of drug-likeness (QED) is 0.279. The van der Waals surface area contributed by atoms with Gasteiger partial charge in [0, 0.05) is 15.8 Å². The number of anilines is 1. The van der Waals surface area contributed by atoms with Crippen LogP contribution in [0.4, 0.5) is 5.00 Å². The Hall–Kier alpha value is -4.21. The second-order valence-corrected chi connectivity index (χ2v) is 9.28. The van der Waals surface area contributed by atoms with E-state index in [-0.39, 0.29) is 34.7 Å². The third kappa shape index (κ3) is 5.04. The van der Waals surface area contributed by atoms with Crippen molar-refractivity contribution in [1.29, 1.82) is 0 Å². The average Bonchev–Trinajstić information content (AvgIpc) is 3.31. The smallest absolute Gasteiger partial charge is 0.359 e. The van der Waals surface area contributed by atoms with Gasteiger partial charge in [-0.25, -0.2) is 4.79 Å². The zero-order valence-electron chi connectivity index (χ0n) is 19.6. The summed E-state index contributed by atoms with van der Waals surface area (Å²) in [6.45, 7) is 1.55. The summed E-state index contributed by atoms with van der Waals surface area (Å²) in [6.07, 6.45) is 0. The van der Waals surface area contributed by atoms with Gasteiger partial charge >= 0.3 is 5.97 Å². The van der Waals surface area contributed by atoms with Crippen molar-refractivity contribution in [2.24, 2.45) is 0 Å². The number of thiophene rings is 1. The maximum absolute atomic E-state index is 13.5. The molecule has 0 spiro atoms. The Labute approximate surface area is 220 Å². The van der Waals surface area contributed by atoms with Crippen LogP contribution in [-0.4, -0.2) is 34.9 Å². The van der Waals surface area contributed by atoms with Crippen LogP contribution in [0.5, 0.6) is 5.75 Å². The lowest BCUT2D eigenvalue weighted by molar-refractivity contribution is -0.118.